The van der Waals surface area contributed by atoms with E-state index in [0.29, 0.717) is 0 Å². The van der Waals surface area contributed by atoms with Gasteiger partial charge in [0.25, 0.3) is 0 Å². The Morgan fingerprint density at radius 2 is 1.44 bits per heavy atom. The van der Waals surface area contributed by atoms with E-state index in [-0.39, 0.29) is 32.7 Å². The third kappa shape index (κ3) is 8.50. The second-order valence-corrected chi connectivity index (χ2v) is 5.14. The number of rotatable bonds is 11. The van der Waals surface area contributed by atoms with Gasteiger partial charge in [-0.15, -0.1) is 0 Å². The summed E-state index contributed by atoms with van der Waals surface area (Å²) in [5, 5.41) is 0. The van der Waals surface area contributed by atoms with Crippen LogP contribution in [0.1, 0.15) is 18.4 Å². The summed E-state index contributed by atoms with van der Waals surface area (Å²) in [4.78, 5) is 35.7. The molecule has 0 bridgehead atoms. The molecule has 0 heterocycles. The zero-order valence-corrected chi connectivity index (χ0v) is 14.0. The zero-order chi connectivity index (χ0) is 18.5. The number of hydrogen-bond donors (Lipinski definition) is 0. The molecule has 6 nitrogen and oxygen atoms in total. The SMILES string of the molecule is C=CCOC(=O)CC(CC(=O)OCc1ccccc1)C(=O)OCC=C. The van der Waals surface area contributed by atoms with Crippen LogP contribution in [0.2, 0.25) is 0 Å². The molecule has 0 fully saturated rings. The van der Waals surface area contributed by atoms with Gasteiger partial charge in [-0.25, -0.2) is 0 Å². The Labute approximate surface area is 147 Å². The number of carbonyl (C=O) groups is 3. The van der Waals surface area contributed by atoms with E-state index in [1.165, 1.54) is 12.2 Å². The zero-order valence-electron chi connectivity index (χ0n) is 14.0. The van der Waals surface area contributed by atoms with Crippen molar-refractivity contribution in [3.05, 3.63) is 61.2 Å². The van der Waals surface area contributed by atoms with E-state index < -0.39 is 23.8 Å². The molecule has 1 rings (SSSR count). The number of esters is 3. The summed E-state index contributed by atoms with van der Waals surface area (Å²) >= 11 is 0. The van der Waals surface area contributed by atoms with Crippen LogP contribution in [0.4, 0.5) is 0 Å². The Bertz CT molecular complexity index is 593. The largest absolute Gasteiger partial charge is 0.461 e. The topological polar surface area (TPSA) is 78.9 Å². The molecule has 0 amide bonds. The minimum atomic E-state index is -0.972. The van der Waals surface area contributed by atoms with Crippen LogP contribution in [0.25, 0.3) is 0 Å². The Kier molecular flexibility index (Phi) is 9.36. The number of hydrogen-bond acceptors (Lipinski definition) is 6. The lowest BCUT2D eigenvalue weighted by Gasteiger charge is -2.14. The van der Waals surface area contributed by atoms with Gasteiger partial charge in [-0.3, -0.25) is 14.4 Å². The third-order valence-corrected chi connectivity index (χ3v) is 3.11. The average Bonchev–Trinajstić information content (AvgIpc) is 2.63. The minimum Gasteiger partial charge on any atom is -0.461 e. The molecule has 1 unspecified atom stereocenters. The van der Waals surface area contributed by atoms with Crippen molar-refractivity contribution in [1.82, 2.24) is 0 Å². The number of benzene rings is 1. The average molecular weight is 346 g/mol. The Balaban J connectivity index is 2.59. The molecule has 0 radical (unpaired) electrons. The van der Waals surface area contributed by atoms with Gasteiger partial charge in [0.2, 0.25) is 0 Å². The maximum Gasteiger partial charge on any atom is 0.310 e. The molecule has 25 heavy (non-hydrogen) atoms. The van der Waals surface area contributed by atoms with Crippen molar-refractivity contribution in [3.63, 3.8) is 0 Å². The highest BCUT2D eigenvalue weighted by molar-refractivity contribution is 5.84. The van der Waals surface area contributed by atoms with E-state index in [9.17, 15) is 14.4 Å². The number of carbonyl (C=O) groups excluding carboxylic acids is 3. The van der Waals surface area contributed by atoms with E-state index >= 15 is 0 Å². The predicted molar refractivity (Wildman–Crippen MR) is 91.3 cm³/mol. The van der Waals surface area contributed by atoms with E-state index in [2.05, 4.69) is 13.2 Å². The first-order valence-corrected chi connectivity index (χ1v) is 7.80. The van der Waals surface area contributed by atoms with E-state index in [1.54, 1.807) is 0 Å². The normalized spacial score (nSPS) is 11.0. The molecule has 0 N–H and O–H groups in total. The fourth-order valence-electron chi connectivity index (χ4n) is 1.91. The Morgan fingerprint density at radius 1 is 0.880 bits per heavy atom. The molecule has 1 aromatic rings. The summed E-state index contributed by atoms with van der Waals surface area (Å²) in [6.45, 7) is 7.00. The highest BCUT2D eigenvalue weighted by Gasteiger charge is 2.27. The third-order valence-electron chi connectivity index (χ3n) is 3.11. The van der Waals surface area contributed by atoms with Gasteiger partial charge in [-0.1, -0.05) is 55.6 Å². The second-order valence-electron chi connectivity index (χ2n) is 5.14. The molecule has 0 saturated carbocycles. The summed E-state index contributed by atoms with van der Waals surface area (Å²) in [5.41, 5.74) is 0.826. The molecule has 134 valence electrons. The highest BCUT2D eigenvalue weighted by Crippen LogP contribution is 2.14. The van der Waals surface area contributed by atoms with Gasteiger partial charge in [-0.05, 0) is 5.56 Å². The van der Waals surface area contributed by atoms with Crippen LogP contribution in [0.5, 0.6) is 0 Å². The maximum atomic E-state index is 12.0. The molecule has 1 atom stereocenters. The van der Waals surface area contributed by atoms with Gasteiger partial charge in [0, 0.05) is 0 Å². The summed E-state index contributed by atoms with van der Waals surface area (Å²) in [7, 11) is 0. The van der Waals surface area contributed by atoms with Gasteiger partial charge < -0.3 is 14.2 Å². The fraction of sp³-hybridized carbons (Fsp3) is 0.316. The van der Waals surface area contributed by atoms with E-state index in [4.69, 9.17) is 14.2 Å². The predicted octanol–water partition coefficient (Wildman–Crippen LogP) is 2.58. The first-order valence-electron chi connectivity index (χ1n) is 7.80. The highest BCUT2D eigenvalue weighted by atomic mass is 16.5. The molecular formula is C19H22O6. The molecule has 1 aromatic carbocycles. The fourth-order valence-corrected chi connectivity index (χ4v) is 1.91. The van der Waals surface area contributed by atoms with Crippen molar-refractivity contribution >= 4 is 17.9 Å². The molecule has 6 heteroatoms. The van der Waals surface area contributed by atoms with E-state index in [1.807, 2.05) is 30.3 Å². The molecular weight excluding hydrogens is 324 g/mol. The van der Waals surface area contributed by atoms with Crippen LogP contribution < -0.4 is 0 Å². The summed E-state index contributed by atoms with van der Waals surface area (Å²) < 4.78 is 14.9. The maximum absolute atomic E-state index is 12.0. The lowest BCUT2D eigenvalue weighted by atomic mass is 10.0. The van der Waals surface area contributed by atoms with E-state index in [0.717, 1.165) is 5.56 Å². The van der Waals surface area contributed by atoms with Crippen molar-refractivity contribution in [2.75, 3.05) is 13.2 Å². The first kappa shape index (κ1) is 20.2. The lowest BCUT2D eigenvalue weighted by Crippen LogP contribution is -2.25. The first-order chi connectivity index (χ1) is 12.1. The standard InChI is InChI=1S/C19H22O6/c1-3-10-23-17(20)12-16(19(22)24-11-4-2)13-18(21)25-14-15-8-6-5-7-9-15/h3-9,16H,1-2,10-14H2. The Morgan fingerprint density at radius 3 is 2.04 bits per heavy atom. The van der Waals surface area contributed by atoms with Crippen LogP contribution in [-0.2, 0) is 35.2 Å². The molecule has 0 aliphatic carbocycles. The molecule has 0 aliphatic rings. The van der Waals surface area contributed by atoms with Crippen LogP contribution in [0.3, 0.4) is 0 Å². The van der Waals surface area contributed by atoms with Gasteiger partial charge in [0.15, 0.2) is 0 Å². The Hall–Kier alpha value is -2.89. The summed E-state index contributed by atoms with van der Waals surface area (Å²) in [6.07, 6.45) is 2.27. The van der Waals surface area contributed by atoms with Gasteiger partial charge >= 0.3 is 17.9 Å². The van der Waals surface area contributed by atoms with Crippen molar-refractivity contribution in [1.29, 1.82) is 0 Å². The summed E-state index contributed by atoms with van der Waals surface area (Å²) in [6, 6.07) is 9.14. The van der Waals surface area contributed by atoms with Gasteiger partial charge in [-0.2, -0.15) is 0 Å². The van der Waals surface area contributed by atoms with Crippen molar-refractivity contribution in [3.8, 4) is 0 Å². The smallest absolute Gasteiger partial charge is 0.310 e. The molecule has 0 saturated heterocycles. The lowest BCUT2D eigenvalue weighted by molar-refractivity contribution is -0.158. The van der Waals surface area contributed by atoms with Crippen molar-refractivity contribution < 1.29 is 28.6 Å². The quantitative estimate of drug-likeness (QED) is 0.348. The number of ether oxygens (including phenoxy) is 3. The monoisotopic (exact) mass is 346 g/mol. The van der Waals surface area contributed by atoms with Crippen LogP contribution in [0, 0.1) is 5.92 Å². The molecule has 0 aliphatic heterocycles. The second kappa shape index (κ2) is 11.6. The van der Waals surface area contributed by atoms with Crippen LogP contribution in [-0.4, -0.2) is 31.1 Å². The van der Waals surface area contributed by atoms with Crippen molar-refractivity contribution in [2.45, 2.75) is 19.4 Å². The van der Waals surface area contributed by atoms with Gasteiger partial charge in [0.1, 0.15) is 19.8 Å². The van der Waals surface area contributed by atoms with Crippen LogP contribution >= 0.6 is 0 Å². The minimum absolute atomic E-state index is 0.00387. The summed E-state index contributed by atoms with van der Waals surface area (Å²) in [5.74, 6) is -2.86. The van der Waals surface area contributed by atoms with Crippen molar-refractivity contribution in [2.24, 2.45) is 5.92 Å². The van der Waals surface area contributed by atoms with Crippen LogP contribution in [0.15, 0.2) is 55.6 Å². The molecule has 0 spiro atoms. The van der Waals surface area contributed by atoms with Gasteiger partial charge in [0.05, 0.1) is 18.8 Å². The molecule has 0 aromatic heterocycles.